The molecule has 0 bridgehead atoms. The fraction of sp³-hybridized carbons (Fsp3) is 0.600. The van der Waals surface area contributed by atoms with Crippen molar-refractivity contribution in [3.63, 3.8) is 0 Å². The van der Waals surface area contributed by atoms with Crippen LogP contribution >= 0.6 is 43.2 Å². The lowest BCUT2D eigenvalue weighted by Gasteiger charge is -2.39. The van der Waals surface area contributed by atoms with Crippen molar-refractivity contribution in [1.82, 2.24) is 5.32 Å². The Bertz CT molecular complexity index is 311. The van der Waals surface area contributed by atoms with Gasteiger partial charge in [-0.3, -0.25) is 0 Å². The zero-order chi connectivity index (χ0) is 10.2. The van der Waals surface area contributed by atoms with Crippen molar-refractivity contribution in [1.29, 1.82) is 0 Å². The van der Waals surface area contributed by atoms with Gasteiger partial charge in [-0.25, -0.2) is 0 Å². The summed E-state index contributed by atoms with van der Waals surface area (Å²) in [6.07, 6.45) is 4.02. The summed E-state index contributed by atoms with van der Waals surface area (Å²) in [7, 11) is 0. The molecule has 0 amide bonds. The molecule has 1 nitrogen and oxygen atoms in total. The molecule has 4 heteroatoms. The molecular formula is C10H13Br2NS. The van der Waals surface area contributed by atoms with Gasteiger partial charge in [-0.05, 0) is 64.1 Å². The molecule has 1 aliphatic carbocycles. The number of halogens is 2. The monoisotopic (exact) mass is 337 g/mol. The van der Waals surface area contributed by atoms with Gasteiger partial charge in [-0.2, -0.15) is 0 Å². The van der Waals surface area contributed by atoms with Gasteiger partial charge in [0.1, 0.15) is 0 Å². The van der Waals surface area contributed by atoms with Crippen LogP contribution in [0.2, 0.25) is 0 Å². The number of thiophene rings is 1. The minimum atomic E-state index is 0.406. The van der Waals surface area contributed by atoms with Gasteiger partial charge in [0.15, 0.2) is 0 Å². The van der Waals surface area contributed by atoms with Crippen LogP contribution < -0.4 is 5.32 Å². The highest BCUT2D eigenvalue weighted by atomic mass is 79.9. The largest absolute Gasteiger partial charge is 0.307 e. The Morgan fingerprint density at radius 3 is 2.64 bits per heavy atom. The topological polar surface area (TPSA) is 12.0 Å². The highest BCUT2D eigenvalue weighted by Gasteiger charge is 2.30. The van der Waals surface area contributed by atoms with Crippen LogP contribution in [0.3, 0.4) is 0 Å². The first-order chi connectivity index (χ1) is 6.59. The summed E-state index contributed by atoms with van der Waals surface area (Å²) >= 11 is 8.81. The van der Waals surface area contributed by atoms with Crippen LogP contribution in [-0.2, 0) is 6.54 Å². The van der Waals surface area contributed by atoms with Crippen LogP contribution in [0.1, 0.15) is 31.1 Å². The van der Waals surface area contributed by atoms with Crippen molar-refractivity contribution in [2.75, 3.05) is 0 Å². The van der Waals surface area contributed by atoms with Gasteiger partial charge in [0.05, 0.1) is 3.79 Å². The van der Waals surface area contributed by atoms with Crippen molar-refractivity contribution < 1.29 is 0 Å². The van der Waals surface area contributed by atoms with E-state index in [9.17, 15) is 0 Å². The quantitative estimate of drug-likeness (QED) is 0.866. The minimum Gasteiger partial charge on any atom is -0.307 e. The molecular weight excluding hydrogens is 326 g/mol. The van der Waals surface area contributed by atoms with Crippen LogP contribution in [0.5, 0.6) is 0 Å². The average molecular weight is 339 g/mol. The fourth-order valence-electron chi connectivity index (χ4n) is 1.66. The first-order valence-corrected chi connectivity index (χ1v) is 7.18. The van der Waals surface area contributed by atoms with E-state index in [-0.39, 0.29) is 0 Å². The van der Waals surface area contributed by atoms with Crippen LogP contribution in [0.15, 0.2) is 14.3 Å². The second-order valence-electron chi connectivity index (χ2n) is 4.10. The third kappa shape index (κ3) is 2.40. The summed E-state index contributed by atoms with van der Waals surface area (Å²) in [5.41, 5.74) is 0.406. The van der Waals surface area contributed by atoms with E-state index < -0.39 is 0 Å². The van der Waals surface area contributed by atoms with Gasteiger partial charge in [-0.1, -0.05) is 0 Å². The minimum absolute atomic E-state index is 0.406. The summed E-state index contributed by atoms with van der Waals surface area (Å²) in [4.78, 5) is 1.39. The molecule has 0 spiro atoms. The number of rotatable bonds is 3. The van der Waals surface area contributed by atoms with E-state index in [1.165, 1.54) is 27.9 Å². The van der Waals surface area contributed by atoms with Gasteiger partial charge < -0.3 is 5.32 Å². The second kappa shape index (κ2) is 4.24. The number of hydrogen-bond acceptors (Lipinski definition) is 2. The molecule has 0 aliphatic heterocycles. The smallest absolute Gasteiger partial charge is 0.0843 e. The van der Waals surface area contributed by atoms with E-state index in [1.807, 2.05) is 0 Å². The zero-order valence-electron chi connectivity index (χ0n) is 8.07. The molecule has 2 rings (SSSR count). The van der Waals surface area contributed by atoms with E-state index in [0.717, 1.165) is 11.0 Å². The molecule has 1 N–H and O–H groups in total. The van der Waals surface area contributed by atoms with E-state index in [4.69, 9.17) is 0 Å². The highest BCUT2D eigenvalue weighted by molar-refractivity contribution is 9.13. The molecule has 0 saturated heterocycles. The maximum Gasteiger partial charge on any atom is 0.0843 e. The molecule has 1 aromatic heterocycles. The number of hydrogen-bond donors (Lipinski definition) is 1. The molecule has 78 valence electrons. The SMILES string of the molecule is CC1(NCc2cc(Br)c(Br)s2)CCC1. The van der Waals surface area contributed by atoms with Crippen molar-refractivity contribution in [2.24, 2.45) is 0 Å². The maximum atomic E-state index is 3.62. The van der Waals surface area contributed by atoms with Crippen molar-refractivity contribution in [3.8, 4) is 0 Å². The van der Waals surface area contributed by atoms with E-state index in [1.54, 1.807) is 11.3 Å². The third-order valence-corrected chi connectivity index (χ3v) is 6.10. The van der Waals surface area contributed by atoms with E-state index in [2.05, 4.69) is 50.2 Å². The molecule has 1 fully saturated rings. The standard InChI is InChI=1S/C10H13Br2NS/c1-10(3-2-4-10)13-6-7-5-8(11)9(12)14-7/h5,13H,2-4,6H2,1H3. The molecule has 0 aromatic carbocycles. The molecule has 14 heavy (non-hydrogen) atoms. The van der Waals surface area contributed by atoms with Crippen molar-refractivity contribution in [2.45, 2.75) is 38.3 Å². The van der Waals surface area contributed by atoms with Crippen LogP contribution in [0.25, 0.3) is 0 Å². The van der Waals surface area contributed by atoms with Gasteiger partial charge in [0, 0.05) is 21.4 Å². The Kier molecular flexibility index (Phi) is 3.37. The summed E-state index contributed by atoms with van der Waals surface area (Å²) < 4.78 is 2.35. The van der Waals surface area contributed by atoms with E-state index >= 15 is 0 Å². The second-order valence-corrected chi connectivity index (χ2v) is 7.41. The lowest BCUT2D eigenvalue weighted by Crippen LogP contribution is -2.47. The normalized spacial score (nSPS) is 19.4. The maximum absolute atomic E-state index is 3.62. The Labute approximate surface area is 106 Å². The molecule has 0 unspecified atom stereocenters. The van der Waals surface area contributed by atoms with Crippen LogP contribution in [-0.4, -0.2) is 5.54 Å². The first kappa shape index (κ1) is 11.1. The molecule has 0 radical (unpaired) electrons. The van der Waals surface area contributed by atoms with Crippen molar-refractivity contribution in [3.05, 3.63) is 19.2 Å². The molecule has 1 saturated carbocycles. The van der Waals surface area contributed by atoms with Crippen LogP contribution in [0.4, 0.5) is 0 Å². The van der Waals surface area contributed by atoms with Gasteiger partial charge in [0.25, 0.3) is 0 Å². The molecule has 0 atom stereocenters. The zero-order valence-corrected chi connectivity index (χ0v) is 12.1. The molecule has 1 heterocycles. The van der Waals surface area contributed by atoms with Crippen molar-refractivity contribution >= 4 is 43.2 Å². The summed E-state index contributed by atoms with van der Waals surface area (Å²) in [5, 5.41) is 3.62. The molecule has 1 aromatic rings. The van der Waals surface area contributed by atoms with E-state index in [0.29, 0.717) is 5.54 Å². The lowest BCUT2D eigenvalue weighted by atomic mass is 9.78. The summed E-state index contributed by atoms with van der Waals surface area (Å²) in [5.74, 6) is 0. The number of nitrogens with one attached hydrogen (secondary N) is 1. The predicted octanol–water partition coefficient (Wildman–Crippen LogP) is 4.31. The highest BCUT2D eigenvalue weighted by Crippen LogP contribution is 2.34. The predicted molar refractivity (Wildman–Crippen MR) is 68.8 cm³/mol. The Hall–Kier alpha value is 0.620. The molecule has 1 aliphatic rings. The Balaban J connectivity index is 1.91. The third-order valence-electron chi connectivity index (χ3n) is 2.84. The van der Waals surface area contributed by atoms with Gasteiger partial charge >= 0.3 is 0 Å². The Morgan fingerprint density at radius 1 is 1.50 bits per heavy atom. The van der Waals surface area contributed by atoms with Crippen LogP contribution in [0, 0.1) is 0 Å². The first-order valence-electron chi connectivity index (χ1n) is 4.78. The lowest BCUT2D eigenvalue weighted by molar-refractivity contribution is 0.207. The average Bonchev–Trinajstić information content (AvgIpc) is 2.40. The Morgan fingerprint density at radius 2 is 2.21 bits per heavy atom. The summed E-state index contributed by atoms with van der Waals surface area (Å²) in [6, 6.07) is 2.18. The fourth-order valence-corrected chi connectivity index (χ4v) is 3.78. The van der Waals surface area contributed by atoms with Gasteiger partial charge in [-0.15, -0.1) is 11.3 Å². The summed E-state index contributed by atoms with van der Waals surface area (Å²) in [6.45, 7) is 3.31. The van der Waals surface area contributed by atoms with Gasteiger partial charge in [0.2, 0.25) is 0 Å².